The Morgan fingerprint density at radius 1 is 1.40 bits per heavy atom. The molecule has 0 amide bonds. The third-order valence-corrected chi connectivity index (χ3v) is 2.25. The lowest BCUT2D eigenvalue weighted by molar-refractivity contribution is -0.385. The van der Waals surface area contributed by atoms with Gasteiger partial charge in [0.15, 0.2) is 0 Å². The van der Waals surface area contributed by atoms with Gasteiger partial charge in [0, 0.05) is 6.07 Å². The first kappa shape index (κ1) is 11.8. The molecule has 0 radical (unpaired) electrons. The first-order valence-corrected chi connectivity index (χ1v) is 4.13. The summed E-state index contributed by atoms with van der Waals surface area (Å²) >= 11 is 5.50. The molecule has 0 bridgehead atoms. The van der Waals surface area contributed by atoms with Crippen molar-refractivity contribution >= 4 is 17.3 Å². The molecule has 0 aliphatic heterocycles. The van der Waals surface area contributed by atoms with Gasteiger partial charge in [-0.05, 0) is 18.6 Å². The molecule has 1 aromatic carbocycles. The number of hydrogen-bond acceptors (Lipinski definition) is 2. The lowest BCUT2D eigenvalue weighted by Gasteiger charge is -2.08. The van der Waals surface area contributed by atoms with E-state index < -0.39 is 22.4 Å². The van der Waals surface area contributed by atoms with Crippen molar-refractivity contribution in [2.75, 3.05) is 0 Å². The standard InChI is InChI=1S/C8H5ClF3NO2/c1-4-2-5(8(10,11)12)3-6(7(4)9)13(14)15/h2-3H,1H3. The van der Waals surface area contributed by atoms with Gasteiger partial charge in [-0.1, -0.05) is 11.6 Å². The van der Waals surface area contributed by atoms with Crippen molar-refractivity contribution in [3.63, 3.8) is 0 Å². The van der Waals surface area contributed by atoms with Crippen LogP contribution >= 0.6 is 11.6 Å². The summed E-state index contributed by atoms with van der Waals surface area (Å²) in [5, 5.41) is 10.1. The fraction of sp³-hybridized carbons (Fsp3) is 0.250. The van der Waals surface area contributed by atoms with Crippen LogP contribution in [0.3, 0.4) is 0 Å². The van der Waals surface area contributed by atoms with E-state index in [0.717, 1.165) is 6.07 Å². The zero-order valence-electron chi connectivity index (χ0n) is 7.43. The van der Waals surface area contributed by atoms with Crippen LogP contribution in [0.1, 0.15) is 11.1 Å². The Morgan fingerprint density at radius 3 is 2.33 bits per heavy atom. The smallest absolute Gasteiger partial charge is 0.258 e. The fourth-order valence-corrected chi connectivity index (χ4v) is 1.23. The molecule has 0 spiro atoms. The van der Waals surface area contributed by atoms with Crippen LogP contribution < -0.4 is 0 Å². The normalized spacial score (nSPS) is 11.5. The molecular weight excluding hydrogens is 235 g/mol. The third-order valence-electron chi connectivity index (χ3n) is 1.76. The number of hydrogen-bond donors (Lipinski definition) is 0. The van der Waals surface area contributed by atoms with Crippen LogP contribution in [0.15, 0.2) is 12.1 Å². The van der Waals surface area contributed by atoms with E-state index in [-0.39, 0.29) is 10.6 Å². The Kier molecular flexibility index (Phi) is 2.90. The number of benzene rings is 1. The highest BCUT2D eigenvalue weighted by molar-refractivity contribution is 6.33. The Labute approximate surface area is 87.6 Å². The van der Waals surface area contributed by atoms with Gasteiger partial charge < -0.3 is 0 Å². The minimum absolute atomic E-state index is 0.0261. The largest absolute Gasteiger partial charge is 0.416 e. The van der Waals surface area contributed by atoms with Crippen LogP contribution in [0, 0.1) is 17.0 Å². The maximum atomic E-state index is 12.3. The molecule has 1 aromatic rings. The molecule has 0 unspecified atom stereocenters. The van der Waals surface area contributed by atoms with Crippen molar-refractivity contribution in [2.24, 2.45) is 0 Å². The Balaban J connectivity index is 3.43. The SMILES string of the molecule is Cc1cc(C(F)(F)F)cc([N+](=O)[O-])c1Cl. The average Bonchev–Trinajstić information content (AvgIpc) is 2.06. The molecule has 82 valence electrons. The van der Waals surface area contributed by atoms with E-state index in [1.807, 2.05) is 0 Å². The fourth-order valence-electron chi connectivity index (χ4n) is 1.05. The predicted molar refractivity (Wildman–Crippen MR) is 47.8 cm³/mol. The van der Waals surface area contributed by atoms with Crippen LogP contribution in [0.25, 0.3) is 0 Å². The minimum Gasteiger partial charge on any atom is -0.258 e. The molecule has 0 fully saturated rings. The molecule has 0 aliphatic rings. The summed E-state index contributed by atoms with van der Waals surface area (Å²) in [7, 11) is 0. The highest BCUT2D eigenvalue weighted by atomic mass is 35.5. The quantitative estimate of drug-likeness (QED) is 0.555. The summed E-state index contributed by atoms with van der Waals surface area (Å²) in [4.78, 5) is 9.47. The Hall–Kier alpha value is -1.30. The summed E-state index contributed by atoms with van der Waals surface area (Å²) < 4.78 is 36.8. The van der Waals surface area contributed by atoms with Gasteiger partial charge in [-0.25, -0.2) is 0 Å². The molecule has 0 heterocycles. The lowest BCUT2D eigenvalue weighted by atomic mass is 10.1. The van der Waals surface area contributed by atoms with E-state index in [2.05, 4.69) is 0 Å². The topological polar surface area (TPSA) is 43.1 Å². The van der Waals surface area contributed by atoms with Gasteiger partial charge in [0.1, 0.15) is 5.02 Å². The second-order valence-corrected chi connectivity index (χ2v) is 3.26. The molecule has 7 heteroatoms. The van der Waals surface area contributed by atoms with Crippen molar-refractivity contribution in [1.29, 1.82) is 0 Å². The van der Waals surface area contributed by atoms with Gasteiger partial charge in [-0.15, -0.1) is 0 Å². The van der Waals surface area contributed by atoms with E-state index in [1.165, 1.54) is 6.92 Å². The molecule has 1 rings (SSSR count). The number of aryl methyl sites for hydroxylation is 1. The third kappa shape index (κ3) is 2.38. The van der Waals surface area contributed by atoms with Gasteiger partial charge in [-0.3, -0.25) is 10.1 Å². The van der Waals surface area contributed by atoms with Crippen molar-refractivity contribution in [1.82, 2.24) is 0 Å². The maximum Gasteiger partial charge on any atom is 0.416 e. The molecular formula is C8H5ClF3NO2. The lowest BCUT2D eigenvalue weighted by Crippen LogP contribution is -2.06. The first-order chi connectivity index (χ1) is 6.73. The van der Waals surface area contributed by atoms with Gasteiger partial charge in [-0.2, -0.15) is 13.2 Å². The molecule has 0 atom stereocenters. The summed E-state index contributed by atoms with van der Waals surface area (Å²) in [6.07, 6.45) is -4.61. The van der Waals surface area contributed by atoms with Crippen LogP contribution in [0.2, 0.25) is 5.02 Å². The molecule has 0 aromatic heterocycles. The van der Waals surface area contributed by atoms with Crippen molar-refractivity contribution in [3.05, 3.63) is 38.4 Å². The van der Waals surface area contributed by atoms with Gasteiger partial charge >= 0.3 is 6.18 Å². The summed E-state index contributed by atoms with van der Waals surface area (Å²) in [5.41, 5.74) is -1.78. The summed E-state index contributed by atoms with van der Waals surface area (Å²) in [5.74, 6) is 0. The molecule has 0 saturated heterocycles. The van der Waals surface area contributed by atoms with Gasteiger partial charge in [0.2, 0.25) is 0 Å². The van der Waals surface area contributed by atoms with E-state index in [4.69, 9.17) is 11.6 Å². The van der Waals surface area contributed by atoms with Crippen LogP contribution in [0.4, 0.5) is 18.9 Å². The van der Waals surface area contributed by atoms with E-state index in [9.17, 15) is 23.3 Å². The zero-order valence-corrected chi connectivity index (χ0v) is 8.19. The van der Waals surface area contributed by atoms with Crippen LogP contribution in [-0.4, -0.2) is 4.92 Å². The Bertz CT molecular complexity index is 417. The summed E-state index contributed by atoms with van der Waals surface area (Å²) in [6, 6.07) is 1.20. The molecule has 3 nitrogen and oxygen atoms in total. The van der Waals surface area contributed by atoms with E-state index in [0.29, 0.717) is 6.07 Å². The predicted octanol–water partition coefficient (Wildman–Crippen LogP) is 3.58. The molecule has 0 aliphatic carbocycles. The minimum atomic E-state index is -4.61. The number of halogens is 4. The number of rotatable bonds is 1. The van der Waals surface area contributed by atoms with Crippen LogP contribution in [0.5, 0.6) is 0 Å². The molecule has 0 N–H and O–H groups in total. The van der Waals surface area contributed by atoms with Crippen molar-refractivity contribution in [3.8, 4) is 0 Å². The molecule has 15 heavy (non-hydrogen) atoms. The summed E-state index contributed by atoms with van der Waals surface area (Å²) in [6.45, 7) is 1.28. The van der Waals surface area contributed by atoms with E-state index >= 15 is 0 Å². The van der Waals surface area contributed by atoms with Crippen molar-refractivity contribution < 1.29 is 18.1 Å². The molecule has 0 saturated carbocycles. The second-order valence-electron chi connectivity index (χ2n) is 2.88. The highest BCUT2D eigenvalue weighted by Gasteiger charge is 2.33. The number of alkyl halides is 3. The maximum absolute atomic E-state index is 12.3. The van der Waals surface area contributed by atoms with Gasteiger partial charge in [0.05, 0.1) is 10.5 Å². The second kappa shape index (κ2) is 3.69. The van der Waals surface area contributed by atoms with E-state index in [1.54, 1.807) is 0 Å². The number of nitro groups is 1. The zero-order chi connectivity index (χ0) is 11.8. The Morgan fingerprint density at radius 2 is 1.93 bits per heavy atom. The first-order valence-electron chi connectivity index (χ1n) is 3.75. The highest BCUT2D eigenvalue weighted by Crippen LogP contribution is 2.36. The number of nitro benzene ring substituents is 1. The monoisotopic (exact) mass is 239 g/mol. The van der Waals surface area contributed by atoms with Crippen molar-refractivity contribution in [2.45, 2.75) is 13.1 Å². The average molecular weight is 240 g/mol. The number of nitrogens with zero attached hydrogens (tertiary/aromatic N) is 1. The van der Waals surface area contributed by atoms with Gasteiger partial charge in [0.25, 0.3) is 5.69 Å². The van der Waals surface area contributed by atoms with Crippen LogP contribution in [-0.2, 0) is 6.18 Å².